The summed E-state index contributed by atoms with van der Waals surface area (Å²) in [4.78, 5) is 26.1. The molecular formula is C16H28N2O2. The van der Waals surface area contributed by atoms with Crippen LogP contribution in [-0.2, 0) is 9.59 Å². The van der Waals surface area contributed by atoms with Gasteiger partial charge in [0.2, 0.25) is 11.8 Å². The van der Waals surface area contributed by atoms with Crippen molar-refractivity contribution in [1.29, 1.82) is 0 Å². The second kappa shape index (κ2) is 6.59. The van der Waals surface area contributed by atoms with Gasteiger partial charge in [-0.05, 0) is 31.1 Å². The van der Waals surface area contributed by atoms with Crippen molar-refractivity contribution in [3.05, 3.63) is 0 Å². The van der Waals surface area contributed by atoms with Gasteiger partial charge < -0.3 is 10.2 Å². The molecule has 2 amide bonds. The molecule has 4 nitrogen and oxygen atoms in total. The Kier molecular flexibility index (Phi) is 5.06. The lowest BCUT2D eigenvalue weighted by Gasteiger charge is -2.31. The molecular weight excluding hydrogens is 252 g/mol. The average molecular weight is 280 g/mol. The molecule has 1 atom stereocenters. The molecule has 0 saturated carbocycles. The van der Waals surface area contributed by atoms with Crippen LogP contribution in [-0.4, -0.2) is 36.3 Å². The number of hydrogen-bond acceptors (Lipinski definition) is 2. The lowest BCUT2D eigenvalue weighted by Crippen LogP contribution is -2.43. The Morgan fingerprint density at radius 1 is 1.30 bits per heavy atom. The molecule has 20 heavy (non-hydrogen) atoms. The third-order valence-electron chi connectivity index (χ3n) is 5.45. The number of amides is 2. The van der Waals surface area contributed by atoms with Crippen LogP contribution in [0.5, 0.6) is 0 Å². The minimum atomic E-state index is -0.0838. The van der Waals surface area contributed by atoms with Gasteiger partial charge in [-0.15, -0.1) is 0 Å². The van der Waals surface area contributed by atoms with Crippen LogP contribution < -0.4 is 5.32 Å². The summed E-state index contributed by atoms with van der Waals surface area (Å²) in [5.74, 6) is 0.156. The Balaban J connectivity index is 1.96. The van der Waals surface area contributed by atoms with Crippen molar-refractivity contribution in [2.24, 2.45) is 11.3 Å². The molecule has 2 aliphatic heterocycles. The smallest absolute Gasteiger partial charge is 0.226 e. The Morgan fingerprint density at radius 3 is 2.70 bits per heavy atom. The first-order valence-electron chi connectivity index (χ1n) is 8.16. The molecule has 2 heterocycles. The maximum absolute atomic E-state index is 12.6. The van der Waals surface area contributed by atoms with E-state index >= 15 is 0 Å². The van der Waals surface area contributed by atoms with Crippen LogP contribution in [0.2, 0.25) is 0 Å². The van der Waals surface area contributed by atoms with Crippen molar-refractivity contribution in [2.75, 3.05) is 19.6 Å². The predicted molar refractivity (Wildman–Crippen MR) is 79.2 cm³/mol. The monoisotopic (exact) mass is 280 g/mol. The van der Waals surface area contributed by atoms with E-state index in [4.69, 9.17) is 0 Å². The molecule has 0 aromatic carbocycles. The molecule has 114 valence electrons. The van der Waals surface area contributed by atoms with E-state index < -0.39 is 0 Å². The SMILES string of the molecule is CCC1(CC)CCCN(C(=O)[C@@H]2CCNC(=O)C2)CC1. The van der Waals surface area contributed by atoms with Gasteiger partial charge in [-0.3, -0.25) is 9.59 Å². The minimum Gasteiger partial charge on any atom is -0.356 e. The highest BCUT2D eigenvalue weighted by Gasteiger charge is 2.34. The van der Waals surface area contributed by atoms with E-state index in [9.17, 15) is 9.59 Å². The van der Waals surface area contributed by atoms with E-state index in [0.29, 0.717) is 18.4 Å². The highest BCUT2D eigenvalue weighted by Crippen LogP contribution is 2.38. The van der Waals surface area contributed by atoms with Gasteiger partial charge in [0.1, 0.15) is 0 Å². The number of hydrogen-bond donors (Lipinski definition) is 1. The fraction of sp³-hybridized carbons (Fsp3) is 0.875. The number of carbonyl (C=O) groups excluding carboxylic acids is 2. The van der Waals surface area contributed by atoms with Crippen LogP contribution >= 0.6 is 0 Å². The van der Waals surface area contributed by atoms with Crippen molar-refractivity contribution in [3.8, 4) is 0 Å². The maximum atomic E-state index is 12.6. The first-order chi connectivity index (χ1) is 9.60. The van der Waals surface area contributed by atoms with Crippen LogP contribution in [0, 0.1) is 11.3 Å². The molecule has 0 aromatic rings. The standard InChI is InChI=1S/C16H28N2O2/c1-3-16(4-2)7-5-10-18(11-8-16)15(20)13-6-9-17-14(19)12-13/h13H,3-12H2,1-2H3,(H,17,19)/t13-/m1/s1. The van der Waals surface area contributed by atoms with E-state index in [1.807, 2.05) is 4.90 Å². The van der Waals surface area contributed by atoms with Crippen LogP contribution in [0.25, 0.3) is 0 Å². The van der Waals surface area contributed by atoms with Gasteiger partial charge in [-0.2, -0.15) is 0 Å². The molecule has 4 heteroatoms. The van der Waals surface area contributed by atoms with Gasteiger partial charge in [0, 0.05) is 32.0 Å². The van der Waals surface area contributed by atoms with Gasteiger partial charge in [0.05, 0.1) is 0 Å². The van der Waals surface area contributed by atoms with Gasteiger partial charge >= 0.3 is 0 Å². The number of rotatable bonds is 3. The molecule has 0 aromatic heterocycles. The number of nitrogens with zero attached hydrogens (tertiary/aromatic N) is 1. The summed E-state index contributed by atoms with van der Waals surface area (Å²) < 4.78 is 0. The average Bonchev–Trinajstić information content (AvgIpc) is 2.69. The first-order valence-corrected chi connectivity index (χ1v) is 8.16. The molecule has 1 N–H and O–H groups in total. The third-order valence-corrected chi connectivity index (χ3v) is 5.45. The molecule has 2 aliphatic rings. The van der Waals surface area contributed by atoms with Crippen molar-refractivity contribution in [2.45, 2.75) is 58.8 Å². The Labute approximate surface area is 122 Å². The molecule has 2 rings (SSSR count). The highest BCUT2D eigenvalue weighted by molar-refractivity contribution is 5.86. The summed E-state index contributed by atoms with van der Waals surface area (Å²) in [5, 5.41) is 2.80. The fourth-order valence-corrected chi connectivity index (χ4v) is 3.68. The quantitative estimate of drug-likeness (QED) is 0.862. The highest BCUT2D eigenvalue weighted by atomic mass is 16.2. The number of carbonyl (C=O) groups is 2. The van der Waals surface area contributed by atoms with E-state index in [1.54, 1.807) is 0 Å². The van der Waals surface area contributed by atoms with Gasteiger partial charge in [-0.1, -0.05) is 26.7 Å². The van der Waals surface area contributed by atoms with Crippen molar-refractivity contribution in [1.82, 2.24) is 10.2 Å². The number of nitrogens with one attached hydrogen (secondary N) is 1. The Hall–Kier alpha value is -1.06. The number of likely N-dealkylation sites (tertiary alicyclic amines) is 1. The topological polar surface area (TPSA) is 49.4 Å². The van der Waals surface area contributed by atoms with E-state index in [1.165, 1.54) is 19.3 Å². The molecule has 0 aliphatic carbocycles. The number of piperidine rings is 1. The molecule has 0 bridgehead atoms. The summed E-state index contributed by atoms with van der Waals surface area (Å²) in [6, 6.07) is 0. The molecule has 0 unspecified atom stereocenters. The molecule has 0 radical (unpaired) electrons. The lowest BCUT2D eigenvalue weighted by molar-refractivity contribution is -0.140. The van der Waals surface area contributed by atoms with Gasteiger partial charge in [0.25, 0.3) is 0 Å². The largest absolute Gasteiger partial charge is 0.356 e. The third kappa shape index (κ3) is 3.33. The zero-order valence-corrected chi connectivity index (χ0v) is 12.9. The summed E-state index contributed by atoms with van der Waals surface area (Å²) in [6.07, 6.45) is 7.04. The molecule has 2 fully saturated rings. The Bertz CT molecular complexity index is 363. The van der Waals surface area contributed by atoms with E-state index in [2.05, 4.69) is 19.2 Å². The minimum absolute atomic E-state index is 0.0286. The zero-order valence-electron chi connectivity index (χ0n) is 12.9. The molecule has 0 spiro atoms. The zero-order chi connectivity index (χ0) is 14.6. The Morgan fingerprint density at radius 2 is 2.05 bits per heavy atom. The van der Waals surface area contributed by atoms with Crippen LogP contribution in [0.3, 0.4) is 0 Å². The summed E-state index contributed by atoms with van der Waals surface area (Å²) in [7, 11) is 0. The second-order valence-electron chi connectivity index (χ2n) is 6.43. The first kappa shape index (κ1) is 15.3. The predicted octanol–water partition coefficient (Wildman–Crippen LogP) is 2.33. The van der Waals surface area contributed by atoms with Crippen molar-refractivity contribution in [3.63, 3.8) is 0 Å². The normalized spacial score (nSPS) is 26.8. The van der Waals surface area contributed by atoms with Crippen LogP contribution in [0.4, 0.5) is 0 Å². The van der Waals surface area contributed by atoms with Crippen LogP contribution in [0.15, 0.2) is 0 Å². The van der Waals surface area contributed by atoms with Gasteiger partial charge in [-0.25, -0.2) is 0 Å². The summed E-state index contributed by atoms with van der Waals surface area (Å²) in [5.41, 5.74) is 0.430. The summed E-state index contributed by atoms with van der Waals surface area (Å²) in [6.45, 7) is 6.94. The second-order valence-corrected chi connectivity index (χ2v) is 6.43. The van der Waals surface area contributed by atoms with Crippen molar-refractivity contribution >= 4 is 11.8 Å². The van der Waals surface area contributed by atoms with Gasteiger partial charge in [0.15, 0.2) is 0 Å². The fourth-order valence-electron chi connectivity index (χ4n) is 3.68. The maximum Gasteiger partial charge on any atom is 0.226 e. The van der Waals surface area contributed by atoms with Crippen molar-refractivity contribution < 1.29 is 9.59 Å². The molecule has 2 saturated heterocycles. The van der Waals surface area contributed by atoms with E-state index in [-0.39, 0.29) is 17.7 Å². The van der Waals surface area contributed by atoms with E-state index in [0.717, 1.165) is 32.4 Å². The van der Waals surface area contributed by atoms with Crippen LogP contribution in [0.1, 0.15) is 58.8 Å². The lowest BCUT2D eigenvalue weighted by atomic mass is 9.76. The summed E-state index contributed by atoms with van der Waals surface area (Å²) >= 11 is 0.